The maximum Gasteiger partial charge on any atom is 0.123 e. The molecule has 2 N–H and O–H groups in total. The van der Waals surface area contributed by atoms with Gasteiger partial charge in [-0.15, -0.1) is 0 Å². The molecule has 0 aromatic heterocycles. The molecule has 0 amide bonds. The molecule has 0 radical (unpaired) electrons. The summed E-state index contributed by atoms with van der Waals surface area (Å²) in [4.78, 5) is 0. The lowest BCUT2D eigenvalue weighted by Gasteiger charge is -2.19. The third-order valence-corrected chi connectivity index (χ3v) is 3.85. The van der Waals surface area contributed by atoms with E-state index >= 15 is 0 Å². The van der Waals surface area contributed by atoms with Gasteiger partial charge in [-0.25, -0.2) is 4.39 Å². The molecule has 0 fully saturated rings. The summed E-state index contributed by atoms with van der Waals surface area (Å²) in [6.07, 6.45) is 2.05. The van der Waals surface area contributed by atoms with Crippen molar-refractivity contribution in [3.63, 3.8) is 0 Å². The Morgan fingerprint density at radius 2 is 1.50 bits per heavy atom. The first-order chi connectivity index (χ1) is 8.74. The van der Waals surface area contributed by atoms with Crippen LogP contribution in [0.2, 0.25) is 0 Å². The van der Waals surface area contributed by atoms with E-state index in [9.17, 15) is 4.39 Å². The quantitative estimate of drug-likeness (QED) is 0.858. The smallest absolute Gasteiger partial charge is 0.123 e. The van der Waals surface area contributed by atoms with Crippen LogP contribution >= 0.6 is 0 Å². The molecule has 2 aromatic rings. The molecule has 0 spiro atoms. The van der Waals surface area contributed by atoms with E-state index < -0.39 is 0 Å². The minimum Gasteiger partial charge on any atom is -0.324 e. The largest absolute Gasteiger partial charge is 0.324 e. The molecule has 1 aliphatic rings. The SMILES string of the molecule is NC(c1ccc(F)cc1)C1Cc2ccccc2C1. The van der Waals surface area contributed by atoms with E-state index in [1.165, 1.54) is 23.3 Å². The number of halogens is 1. The topological polar surface area (TPSA) is 26.0 Å². The van der Waals surface area contributed by atoms with Crippen LogP contribution in [0.5, 0.6) is 0 Å². The van der Waals surface area contributed by atoms with Crippen LogP contribution in [0.25, 0.3) is 0 Å². The van der Waals surface area contributed by atoms with Gasteiger partial charge in [0.25, 0.3) is 0 Å². The van der Waals surface area contributed by atoms with Crippen LogP contribution in [-0.2, 0) is 12.8 Å². The average Bonchev–Trinajstić information content (AvgIpc) is 2.82. The number of hydrogen-bond donors (Lipinski definition) is 1. The number of rotatable bonds is 2. The third kappa shape index (κ3) is 2.04. The first-order valence-electron chi connectivity index (χ1n) is 6.32. The van der Waals surface area contributed by atoms with Gasteiger partial charge >= 0.3 is 0 Å². The van der Waals surface area contributed by atoms with Gasteiger partial charge in [-0.3, -0.25) is 0 Å². The van der Waals surface area contributed by atoms with Crippen molar-refractivity contribution < 1.29 is 4.39 Å². The minimum absolute atomic E-state index is 0.0157. The second-order valence-electron chi connectivity index (χ2n) is 5.01. The Morgan fingerprint density at radius 3 is 2.06 bits per heavy atom. The Morgan fingerprint density at radius 1 is 0.944 bits per heavy atom. The predicted octanol–water partition coefficient (Wildman–Crippen LogP) is 3.24. The molecular formula is C16H16FN. The van der Waals surface area contributed by atoms with Crippen molar-refractivity contribution in [3.8, 4) is 0 Å². The van der Waals surface area contributed by atoms with E-state index in [0.29, 0.717) is 5.92 Å². The normalized spacial score (nSPS) is 16.6. The van der Waals surface area contributed by atoms with E-state index in [1.807, 2.05) is 0 Å². The van der Waals surface area contributed by atoms with Gasteiger partial charge in [0, 0.05) is 6.04 Å². The van der Waals surface area contributed by atoms with Gasteiger partial charge in [0.15, 0.2) is 0 Å². The number of fused-ring (bicyclic) bond motifs is 1. The first-order valence-corrected chi connectivity index (χ1v) is 6.32. The molecule has 0 saturated carbocycles. The molecule has 18 heavy (non-hydrogen) atoms. The molecule has 2 heteroatoms. The average molecular weight is 241 g/mol. The lowest BCUT2D eigenvalue weighted by Crippen LogP contribution is -2.21. The van der Waals surface area contributed by atoms with Crippen molar-refractivity contribution >= 4 is 0 Å². The Kier molecular flexibility index (Phi) is 2.88. The predicted molar refractivity (Wildman–Crippen MR) is 70.7 cm³/mol. The monoisotopic (exact) mass is 241 g/mol. The van der Waals surface area contributed by atoms with Gasteiger partial charge in [-0.05, 0) is 47.6 Å². The Labute approximate surface area is 106 Å². The summed E-state index contributed by atoms with van der Waals surface area (Å²) in [7, 11) is 0. The highest BCUT2D eigenvalue weighted by Gasteiger charge is 2.26. The van der Waals surface area contributed by atoms with Crippen LogP contribution in [0.4, 0.5) is 4.39 Å². The molecule has 1 aliphatic carbocycles. The number of nitrogens with two attached hydrogens (primary N) is 1. The van der Waals surface area contributed by atoms with Crippen molar-refractivity contribution in [2.75, 3.05) is 0 Å². The zero-order chi connectivity index (χ0) is 12.5. The number of benzene rings is 2. The van der Waals surface area contributed by atoms with Crippen LogP contribution in [0, 0.1) is 11.7 Å². The lowest BCUT2D eigenvalue weighted by atomic mass is 9.91. The summed E-state index contributed by atoms with van der Waals surface area (Å²) >= 11 is 0. The summed E-state index contributed by atoms with van der Waals surface area (Å²) in [5.74, 6) is 0.216. The van der Waals surface area contributed by atoms with Gasteiger partial charge in [-0.1, -0.05) is 36.4 Å². The fourth-order valence-electron chi connectivity index (χ4n) is 2.80. The highest BCUT2D eigenvalue weighted by atomic mass is 19.1. The fraction of sp³-hybridized carbons (Fsp3) is 0.250. The molecule has 1 atom stereocenters. The summed E-state index contributed by atoms with van der Waals surface area (Å²) in [5, 5.41) is 0. The van der Waals surface area contributed by atoms with E-state index in [1.54, 1.807) is 12.1 Å². The molecule has 92 valence electrons. The summed E-state index contributed by atoms with van der Waals surface area (Å²) in [5.41, 5.74) is 10.1. The first kappa shape index (κ1) is 11.4. The molecule has 0 heterocycles. The molecule has 0 saturated heterocycles. The molecular weight excluding hydrogens is 225 g/mol. The zero-order valence-corrected chi connectivity index (χ0v) is 10.1. The van der Waals surface area contributed by atoms with Gasteiger partial charge in [0.2, 0.25) is 0 Å². The van der Waals surface area contributed by atoms with Crippen molar-refractivity contribution in [2.24, 2.45) is 11.7 Å². The second kappa shape index (κ2) is 4.54. The van der Waals surface area contributed by atoms with E-state index in [-0.39, 0.29) is 11.9 Å². The molecule has 1 nitrogen and oxygen atoms in total. The fourth-order valence-corrected chi connectivity index (χ4v) is 2.80. The third-order valence-electron chi connectivity index (χ3n) is 3.85. The molecule has 0 bridgehead atoms. The van der Waals surface area contributed by atoms with Gasteiger partial charge in [0.05, 0.1) is 0 Å². The van der Waals surface area contributed by atoms with Crippen LogP contribution in [0.3, 0.4) is 0 Å². The molecule has 1 unspecified atom stereocenters. The standard InChI is InChI=1S/C16H16FN/c17-15-7-5-11(6-8-15)16(18)14-9-12-3-1-2-4-13(12)10-14/h1-8,14,16H,9-10,18H2. The molecule has 2 aromatic carbocycles. The van der Waals surface area contributed by atoms with Crippen molar-refractivity contribution in [3.05, 3.63) is 71.0 Å². The number of hydrogen-bond acceptors (Lipinski definition) is 1. The summed E-state index contributed by atoms with van der Waals surface area (Å²) in [6, 6.07) is 15.0. The highest BCUT2D eigenvalue weighted by molar-refractivity contribution is 5.34. The Hall–Kier alpha value is -1.67. The van der Waals surface area contributed by atoms with Crippen molar-refractivity contribution in [1.29, 1.82) is 0 Å². The highest BCUT2D eigenvalue weighted by Crippen LogP contribution is 2.33. The van der Waals surface area contributed by atoms with Crippen molar-refractivity contribution in [1.82, 2.24) is 0 Å². The molecule has 0 aliphatic heterocycles. The van der Waals surface area contributed by atoms with Crippen LogP contribution in [0.1, 0.15) is 22.7 Å². The van der Waals surface area contributed by atoms with Gasteiger partial charge < -0.3 is 5.73 Å². The van der Waals surface area contributed by atoms with Crippen LogP contribution in [0.15, 0.2) is 48.5 Å². The minimum atomic E-state index is -0.208. The van der Waals surface area contributed by atoms with Crippen LogP contribution in [-0.4, -0.2) is 0 Å². The zero-order valence-electron chi connectivity index (χ0n) is 10.1. The molecule has 3 rings (SSSR count). The van der Waals surface area contributed by atoms with Crippen molar-refractivity contribution in [2.45, 2.75) is 18.9 Å². The maximum atomic E-state index is 12.9. The summed E-state index contributed by atoms with van der Waals surface area (Å²) < 4.78 is 12.9. The van der Waals surface area contributed by atoms with Crippen LogP contribution < -0.4 is 5.73 Å². The van der Waals surface area contributed by atoms with Gasteiger partial charge in [-0.2, -0.15) is 0 Å². The second-order valence-corrected chi connectivity index (χ2v) is 5.01. The Bertz CT molecular complexity index is 522. The lowest BCUT2D eigenvalue weighted by molar-refractivity contribution is 0.453. The van der Waals surface area contributed by atoms with E-state index in [2.05, 4.69) is 24.3 Å². The van der Waals surface area contributed by atoms with E-state index in [0.717, 1.165) is 18.4 Å². The van der Waals surface area contributed by atoms with Gasteiger partial charge in [0.1, 0.15) is 5.82 Å². The van der Waals surface area contributed by atoms with E-state index in [4.69, 9.17) is 5.73 Å². The maximum absolute atomic E-state index is 12.9. The summed E-state index contributed by atoms with van der Waals surface area (Å²) in [6.45, 7) is 0. The Balaban J connectivity index is 1.80.